The van der Waals surface area contributed by atoms with E-state index in [1.165, 1.54) is 4.68 Å². The summed E-state index contributed by atoms with van der Waals surface area (Å²) < 4.78 is 6.77. The summed E-state index contributed by atoms with van der Waals surface area (Å²) in [6, 6.07) is 1.70. The van der Waals surface area contributed by atoms with Crippen molar-refractivity contribution in [1.82, 2.24) is 19.7 Å². The first-order chi connectivity index (χ1) is 10.9. The highest BCUT2D eigenvalue weighted by Gasteiger charge is 2.45. The lowest BCUT2D eigenvalue weighted by molar-refractivity contribution is -0.150. The number of rotatable bonds is 3. The summed E-state index contributed by atoms with van der Waals surface area (Å²) in [4.78, 5) is 30.1. The van der Waals surface area contributed by atoms with Crippen LogP contribution in [-0.2, 0) is 10.3 Å². The zero-order valence-corrected chi connectivity index (χ0v) is 13.0. The SMILES string of the molecule is Cc1nc(C(=O)N2CCC(C(=O)O)(n3cccn3)CC2)c(C)o1. The van der Waals surface area contributed by atoms with Crippen molar-refractivity contribution < 1.29 is 19.1 Å². The molecule has 1 N–H and O–H groups in total. The Morgan fingerprint density at radius 1 is 1.30 bits per heavy atom. The molecule has 1 saturated heterocycles. The van der Waals surface area contributed by atoms with Gasteiger partial charge in [0.15, 0.2) is 17.1 Å². The number of nitrogens with zero attached hydrogens (tertiary/aromatic N) is 4. The van der Waals surface area contributed by atoms with E-state index in [-0.39, 0.29) is 5.91 Å². The molecule has 2 aromatic rings. The summed E-state index contributed by atoms with van der Waals surface area (Å²) in [6.45, 7) is 4.04. The second-order valence-corrected chi connectivity index (χ2v) is 5.72. The van der Waals surface area contributed by atoms with Gasteiger partial charge in [0, 0.05) is 45.2 Å². The maximum absolute atomic E-state index is 12.5. The van der Waals surface area contributed by atoms with E-state index in [0.29, 0.717) is 43.3 Å². The molecule has 0 bridgehead atoms. The Morgan fingerprint density at radius 2 is 2.00 bits per heavy atom. The summed E-state index contributed by atoms with van der Waals surface area (Å²) in [5.74, 6) is -0.227. The van der Waals surface area contributed by atoms with Crippen molar-refractivity contribution in [2.24, 2.45) is 0 Å². The van der Waals surface area contributed by atoms with E-state index in [9.17, 15) is 14.7 Å². The van der Waals surface area contributed by atoms with Crippen molar-refractivity contribution in [3.8, 4) is 0 Å². The number of aromatic nitrogens is 3. The van der Waals surface area contributed by atoms with Crippen LogP contribution in [0.1, 0.15) is 35.0 Å². The third kappa shape index (κ3) is 2.49. The van der Waals surface area contributed by atoms with E-state index in [4.69, 9.17) is 4.42 Å². The van der Waals surface area contributed by atoms with Gasteiger partial charge in [-0.25, -0.2) is 9.78 Å². The second-order valence-electron chi connectivity index (χ2n) is 5.72. The van der Waals surface area contributed by atoms with Crippen molar-refractivity contribution in [3.63, 3.8) is 0 Å². The largest absolute Gasteiger partial charge is 0.479 e. The molecule has 122 valence electrons. The lowest BCUT2D eigenvalue weighted by atomic mass is 9.87. The standard InChI is InChI=1S/C15H18N4O4/c1-10-12(17-11(2)23-10)13(20)18-8-4-15(5-9-18,14(21)22)19-7-3-6-16-19/h3,6-7H,4-5,8-9H2,1-2H3,(H,21,22). The van der Waals surface area contributed by atoms with Gasteiger partial charge in [-0.15, -0.1) is 0 Å². The van der Waals surface area contributed by atoms with Crippen LogP contribution in [0.3, 0.4) is 0 Å². The molecule has 23 heavy (non-hydrogen) atoms. The van der Waals surface area contributed by atoms with Gasteiger partial charge in [-0.2, -0.15) is 5.10 Å². The highest BCUT2D eigenvalue weighted by atomic mass is 16.4. The molecule has 1 aliphatic heterocycles. The Hall–Kier alpha value is -2.64. The Labute approximate surface area is 132 Å². The number of likely N-dealkylation sites (tertiary alicyclic amines) is 1. The first-order valence-electron chi connectivity index (χ1n) is 7.41. The Kier molecular flexibility index (Phi) is 3.67. The van der Waals surface area contributed by atoms with Crippen molar-refractivity contribution in [3.05, 3.63) is 35.8 Å². The minimum atomic E-state index is -1.10. The van der Waals surface area contributed by atoms with Crippen LogP contribution < -0.4 is 0 Å². The van der Waals surface area contributed by atoms with E-state index in [1.54, 1.807) is 37.2 Å². The molecule has 0 radical (unpaired) electrons. The van der Waals surface area contributed by atoms with Gasteiger partial charge < -0.3 is 14.4 Å². The molecule has 0 atom stereocenters. The molecular formula is C15H18N4O4. The van der Waals surface area contributed by atoms with Gasteiger partial charge in [0.25, 0.3) is 5.91 Å². The highest BCUT2D eigenvalue weighted by Crippen LogP contribution is 2.30. The molecule has 3 rings (SSSR count). The van der Waals surface area contributed by atoms with Gasteiger partial charge in [-0.1, -0.05) is 0 Å². The number of oxazole rings is 1. The van der Waals surface area contributed by atoms with E-state index in [0.717, 1.165) is 0 Å². The summed E-state index contributed by atoms with van der Waals surface area (Å²) in [5, 5.41) is 13.7. The monoisotopic (exact) mass is 318 g/mol. The van der Waals surface area contributed by atoms with Crippen LogP contribution in [0.15, 0.2) is 22.9 Å². The molecule has 0 spiro atoms. The molecule has 2 aromatic heterocycles. The summed E-state index contributed by atoms with van der Waals surface area (Å²) in [7, 11) is 0. The minimum Gasteiger partial charge on any atom is -0.479 e. The van der Waals surface area contributed by atoms with E-state index < -0.39 is 11.5 Å². The lowest BCUT2D eigenvalue weighted by Gasteiger charge is -2.38. The molecule has 1 amide bonds. The first-order valence-corrected chi connectivity index (χ1v) is 7.41. The number of aliphatic carboxylic acids is 1. The third-order valence-corrected chi connectivity index (χ3v) is 4.32. The van der Waals surface area contributed by atoms with Crippen molar-refractivity contribution >= 4 is 11.9 Å². The Bertz CT molecular complexity index is 727. The van der Waals surface area contributed by atoms with Crippen LogP contribution in [0.4, 0.5) is 0 Å². The Balaban J connectivity index is 1.78. The number of piperidine rings is 1. The van der Waals surface area contributed by atoms with Gasteiger partial charge >= 0.3 is 5.97 Å². The number of carboxylic acid groups (broad SMARTS) is 1. The summed E-state index contributed by atoms with van der Waals surface area (Å²) in [5.41, 5.74) is -0.806. The molecule has 1 fully saturated rings. The average Bonchev–Trinajstić information content (AvgIpc) is 3.16. The number of aryl methyl sites for hydroxylation is 2. The molecule has 1 aliphatic rings. The maximum Gasteiger partial charge on any atom is 0.331 e. The number of hydrogen-bond donors (Lipinski definition) is 1. The highest BCUT2D eigenvalue weighted by molar-refractivity contribution is 5.93. The van der Waals surface area contributed by atoms with E-state index in [1.807, 2.05) is 0 Å². The predicted octanol–water partition coefficient (Wildman–Crippen LogP) is 1.20. The molecular weight excluding hydrogens is 300 g/mol. The van der Waals surface area contributed by atoms with Crippen molar-refractivity contribution in [2.45, 2.75) is 32.2 Å². The van der Waals surface area contributed by atoms with Crippen molar-refractivity contribution in [2.75, 3.05) is 13.1 Å². The van der Waals surface area contributed by atoms with Gasteiger partial charge in [0.1, 0.15) is 5.76 Å². The number of carbonyl (C=O) groups is 2. The quantitative estimate of drug-likeness (QED) is 0.912. The van der Waals surface area contributed by atoms with Crippen LogP contribution in [0.25, 0.3) is 0 Å². The topological polar surface area (TPSA) is 101 Å². The third-order valence-electron chi connectivity index (χ3n) is 4.32. The van der Waals surface area contributed by atoms with Crippen LogP contribution in [0.2, 0.25) is 0 Å². The van der Waals surface area contributed by atoms with Crippen molar-refractivity contribution in [1.29, 1.82) is 0 Å². The fourth-order valence-electron chi connectivity index (χ4n) is 3.02. The predicted molar refractivity (Wildman–Crippen MR) is 79.0 cm³/mol. The summed E-state index contributed by atoms with van der Waals surface area (Å²) >= 11 is 0. The molecule has 0 aromatic carbocycles. The van der Waals surface area contributed by atoms with Crippen LogP contribution >= 0.6 is 0 Å². The number of hydrogen-bond acceptors (Lipinski definition) is 5. The van der Waals surface area contributed by atoms with E-state index >= 15 is 0 Å². The molecule has 8 nitrogen and oxygen atoms in total. The number of carboxylic acids is 1. The lowest BCUT2D eigenvalue weighted by Crippen LogP contribution is -2.52. The first kappa shape index (κ1) is 15.3. The fourth-order valence-corrected chi connectivity index (χ4v) is 3.02. The molecule has 0 unspecified atom stereocenters. The summed E-state index contributed by atoms with van der Waals surface area (Å²) in [6.07, 6.45) is 3.80. The van der Waals surface area contributed by atoms with Crippen LogP contribution in [-0.4, -0.2) is 49.7 Å². The number of amides is 1. The van der Waals surface area contributed by atoms with Crippen LogP contribution in [0.5, 0.6) is 0 Å². The molecule has 0 aliphatic carbocycles. The smallest absolute Gasteiger partial charge is 0.331 e. The molecule has 3 heterocycles. The molecule has 8 heteroatoms. The maximum atomic E-state index is 12.5. The van der Waals surface area contributed by atoms with Gasteiger partial charge in [-0.3, -0.25) is 9.48 Å². The van der Waals surface area contributed by atoms with Gasteiger partial charge in [0.2, 0.25) is 0 Å². The van der Waals surface area contributed by atoms with E-state index in [2.05, 4.69) is 10.1 Å². The molecule has 0 saturated carbocycles. The van der Waals surface area contributed by atoms with Gasteiger partial charge in [0.05, 0.1) is 0 Å². The second kappa shape index (κ2) is 5.53. The normalized spacial score (nSPS) is 17.2. The zero-order valence-electron chi connectivity index (χ0n) is 13.0. The zero-order chi connectivity index (χ0) is 16.6. The number of carbonyl (C=O) groups excluding carboxylic acids is 1. The minimum absolute atomic E-state index is 0.223. The van der Waals surface area contributed by atoms with Crippen LogP contribution in [0, 0.1) is 13.8 Å². The van der Waals surface area contributed by atoms with Gasteiger partial charge in [-0.05, 0) is 13.0 Å². The average molecular weight is 318 g/mol. The fraction of sp³-hybridized carbons (Fsp3) is 0.467. The Morgan fingerprint density at radius 3 is 2.48 bits per heavy atom.